The number of hydrogen-bond donors (Lipinski definition) is 1. The minimum absolute atomic E-state index is 0.129. The highest BCUT2D eigenvalue weighted by Gasteiger charge is 2.11. The number of aryl methyl sites for hydroxylation is 2. The van der Waals surface area contributed by atoms with Crippen molar-refractivity contribution < 1.29 is 4.79 Å². The minimum Gasteiger partial charge on any atom is -0.305 e. The normalized spacial score (nSPS) is 10.5. The monoisotopic (exact) mass is 305 g/mol. The van der Waals surface area contributed by atoms with Crippen LogP contribution in [-0.2, 0) is 6.54 Å². The molecule has 116 valence electrons. The molecule has 0 fully saturated rings. The van der Waals surface area contributed by atoms with Crippen LogP contribution in [0.25, 0.3) is 0 Å². The van der Waals surface area contributed by atoms with Gasteiger partial charge in [-0.3, -0.25) is 9.48 Å². The van der Waals surface area contributed by atoms with Gasteiger partial charge < -0.3 is 5.32 Å². The van der Waals surface area contributed by atoms with Gasteiger partial charge in [0.15, 0.2) is 5.82 Å². The maximum atomic E-state index is 12.4. The van der Waals surface area contributed by atoms with Crippen LogP contribution in [0.5, 0.6) is 0 Å². The van der Waals surface area contributed by atoms with Crippen LogP contribution < -0.4 is 5.32 Å². The lowest BCUT2D eigenvalue weighted by Crippen LogP contribution is -2.14. The summed E-state index contributed by atoms with van der Waals surface area (Å²) in [6, 6.07) is 17.8. The second-order valence-electron chi connectivity index (χ2n) is 5.66. The number of carbonyl (C=O) groups excluding carboxylic acids is 1. The molecule has 0 spiro atoms. The molecule has 0 aliphatic carbocycles. The summed E-state index contributed by atoms with van der Waals surface area (Å²) in [7, 11) is 0. The van der Waals surface area contributed by atoms with Gasteiger partial charge in [0.1, 0.15) is 0 Å². The Labute approximate surface area is 135 Å². The molecule has 0 aliphatic rings. The smallest absolute Gasteiger partial charge is 0.257 e. The molecular formula is C19H19N3O. The molecule has 0 radical (unpaired) electrons. The van der Waals surface area contributed by atoms with Crippen molar-refractivity contribution in [3.8, 4) is 0 Å². The molecular weight excluding hydrogens is 286 g/mol. The molecule has 0 atom stereocenters. The molecule has 0 saturated carbocycles. The summed E-state index contributed by atoms with van der Waals surface area (Å²) in [4.78, 5) is 12.4. The number of nitrogens with zero attached hydrogens (tertiary/aromatic N) is 2. The van der Waals surface area contributed by atoms with Crippen molar-refractivity contribution in [3.05, 3.63) is 83.0 Å². The second kappa shape index (κ2) is 6.48. The molecule has 0 saturated heterocycles. The Bertz CT molecular complexity index is 822. The molecule has 4 heteroatoms. The van der Waals surface area contributed by atoms with Gasteiger partial charge in [-0.15, -0.1) is 0 Å². The number of hydrogen-bond acceptors (Lipinski definition) is 2. The molecule has 0 aliphatic heterocycles. The standard InChI is InChI=1S/C19H19N3O/c1-14-8-9-15(2)17(12-14)19(23)20-18-10-11-22(21-18)13-16-6-4-3-5-7-16/h3-12H,13H2,1-2H3,(H,20,21,23). The quantitative estimate of drug-likeness (QED) is 0.797. The fourth-order valence-corrected chi connectivity index (χ4v) is 2.45. The summed E-state index contributed by atoms with van der Waals surface area (Å²) in [6.45, 7) is 4.59. The molecule has 0 bridgehead atoms. The Morgan fingerprint density at radius 3 is 2.65 bits per heavy atom. The van der Waals surface area contributed by atoms with Crippen LogP contribution in [0.1, 0.15) is 27.0 Å². The average molecular weight is 305 g/mol. The summed E-state index contributed by atoms with van der Waals surface area (Å²) >= 11 is 0. The molecule has 1 N–H and O–H groups in total. The molecule has 4 nitrogen and oxygen atoms in total. The number of aromatic nitrogens is 2. The van der Waals surface area contributed by atoms with Gasteiger partial charge in [0, 0.05) is 17.8 Å². The van der Waals surface area contributed by atoms with E-state index in [1.807, 2.05) is 67.2 Å². The zero-order valence-corrected chi connectivity index (χ0v) is 13.3. The first-order valence-corrected chi connectivity index (χ1v) is 7.58. The van der Waals surface area contributed by atoms with Crippen molar-refractivity contribution >= 4 is 11.7 Å². The summed E-state index contributed by atoms with van der Waals surface area (Å²) in [5, 5.41) is 7.27. The van der Waals surface area contributed by atoms with Crippen molar-refractivity contribution in [2.75, 3.05) is 5.32 Å². The molecule has 3 aromatic rings. The number of carbonyl (C=O) groups is 1. The average Bonchev–Trinajstić information content (AvgIpc) is 2.97. The summed E-state index contributed by atoms with van der Waals surface area (Å²) in [6.07, 6.45) is 1.87. The number of benzene rings is 2. The summed E-state index contributed by atoms with van der Waals surface area (Å²) in [5.41, 5.74) is 3.87. The van der Waals surface area contributed by atoms with Crippen molar-refractivity contribution in [3.63, 3.8) is 0 Å². The van der Waals surface area contributed by atoms with Gasteiger partial charge in [0.25, 0.3) is 5.91 Å². The number of rotatable bonds is 4. The van der Waals surface area contributed by atoms with E-state index in [-0.39, 0.29) is 5.91 Å². The van der Waals surface area contributed by atoms with E-state index in [1.54, 1.807) is 0 Å². The lowest BCUT2D eigenvalue weighted by molar-refractivity contribution is 0.102. The Hall–Kier alpha value is -2.88. The number of anilines is 1. The lowest BCUT2D eigenvalue weighted by atomic mass is 10.1. The van der Waals surface area contributed by atoms with Crippen LogP contribution in [0.4, 0.5) is 5.82 Å². The molecule has 3 rings (SSSR count). The molecule has 23 heavy (non-hydrogen) atoms. The van der Waals surface area contributed by atoms with Crippen LogP contribution in [0, 0.1) is 13.8 Å². The van der Waals surface area contributed by atoms with Crippen molar-refractivity contribution in [2.45, 2.75) is 20.4 Å². The van der Waals surface area contributed by atoms with Gasteiger partial charge in [-0.25, -0.2) is 0 Å². The predicted molar refractivity (Wildman–Crippen MR) is 91.6 cm³/mol. The maximum absolute atomic E-state index is 12.4. The third kappa shape index (κ3) is 3.66. The molecule has 2 aromatic carbocycles. The van der Waals surface area contributed by atoms with Gasteiger partial charge in [0.2, 0.25) is 0 Å². The topological polar surface area (TPSA) is 46.9 Å². The Balaban J connectivity index is 1.71. The van der Waals surface area contributed by atoms with Gasteiger partial charge >= 0.3 is 0 Å². The van der Waals surface area contributed by atoms with E-state index < -0.39 is 0 Å². The van der Waals surface area contributed by atoms with Crippen LogP contribution in [0.2, 0.25) is 0 Å². The van der Waals surface area contributed by atoms with E-state index in [2.05, 4.69) is 22.5 Å². The van der Waals surface area contributed by atoms with E-state index in [9.17, 15) is 4.79 Å². The van der Waals surface area contributed by atoms with Gasteiger partial charge in [-0.05, 0) is 31.0 Å². The third-order valence-electron chi connectivity index (χ3n) is 3.71. The van der Waals surface area contributed by atoms with Crippen LogP contribution in [0.3, 0.4) is 0 Å². The highest BCUT2D eigenvalue weighted by atomic mass is 16.1. The molecule has 1 heterocycles. The Kier molecular flexibility index (Phi) is 4.24. The summed E-state index contributed by atoms with van der Waals surface area (Å²) in [5.74, 6) is 0.433. The fourth-order valence-electron chi connectivity index (χ4n) is 2.45. The van der Waals surface area contributed by atoms with E-state index in [4.69, 9.17) is 0 Å². The zero-order valence-electron chi connectivity index (χ0n) is 13.3. The lowest BCUT2D eigenvalue weighted by Gasteiger charge is -2.07. The highest BCUT2D eigenvalue weighted by Crippen LogP contribution is 2.13. The Morgan fingerprint density at radius 1 is 1.09 bits per heavy atom. The van der Waals surface area contributed by atoms with Crippen LogP contribution in [-0.4, -0.2) is 15.7 Å². The molecule has 0 unspecified atom stereocenters. The van der Waals surface area contributed by atoms with Crippen molar-refractivity contribution in [2.24, 2.45) is 0 Å². The van der Waals surface area contributed by atoms with Crippen molar-refractivity contribution in [1.82, 2.24) is 9.78 Å². The SMILES string of the molecule is Cc1ccc(C)c(C(=O)Nc2ccn(Cc3ccccc3)n2)c1. The Morgan fingerprint density at radius 2 is 1.87 bits per heavy atom. The van der Waals surface area contributed by atoms with Crippen molar-refractivity contribution in [1.29, 1.82) is 0 Å². The van der Waals surface area contributed by atoms with Gasteiger partial charge in [-0.1, -0.05) is 48.0 Å². The second-order valence-corrected chi connectivity index (χ2v) is 5.66. The van der Waals surface area contributed by atoms with E-state index in [0.717, 1.165) is 11.1 Å². The van der Waals surface area contributed by atoms with E-state index in [1.165, 1.54) is 5.56 Å². The van der Waals surface area contributed by atoms with E-state index >= 15 is 0 Å². The molecule has 1 amide bonds. The van der Waals surface area contributed by atoms with Crippen LogP contribution >= 0.6 is 0 Å². The first-order valence-electron chi connectivity index (χ1n) is 7.58. The predicted octanol–water partition coefficient (Wildman–Crippen LogP) is 3.80. The first-order chi connectivity index (χ1) is 11.1. The maximum Gasteiger partial charge on any atom is 0.257 e. The number of nitrogens with one attached hydrogen (secondary N) is 1. The van der Waals surface area contributed by atoms with Gasteiger partial charge in [-0.2, -0.15) is 5.10 Å². The summed E-state index contributed by atoms with van der Waals surface area (Å²) < 4.78 is 1.81. The first kappa shape index (κ1) is 15.0. The number of amides is 1. The van der Waals surface area contributed by atoms with Gasteiger partial charge in [0.05, 0.1) is 6.54 Å². The zero-order chi connectivity index (χ0) is 16.2. The highest BCUT2D eigenvalue weighted by molar-refractivity contribution is 6.04. The third-order valence-corrected chi connectivity index (χ3v) is 3.71. The molecule has 1 aromatic heterocycles. The largest absolute Gasteiger partial charge is 0.305 e. The fraction of sp³-hybridized carbons (Fsp3) is 0.158. The minimum atomic E-state index is -0.129. The van der Waals surface area contributed by atoms with Crippen LogP contribution in [0.15, 0.2) is 60.8 Å². The van der Waals surface area contributed by atoms with E-state index in [0.29, 0.717) is 17.9 Å².